The van der Waals surface area contributed by atoms with Crippen LogP contribution in [0.1, 0.15) is 32.1 Å². The molecule has 0 fully saturated rings. The largest absolute Gasteiger partial charge is 0.495 e. The number of nitrogens with two attached hydrogens (primary N) is 1. The number of quaternary nitrogens is 1. The van der Waals surface area contributed by atoms with Crippen molar-refractivity contribution >= 4 is 10.9 Å². The molecule has 0 saturated heterocycles. The normalized spacial score (nSPS) is 12.3. The Morgan fingerprint density at radius 1 is 1.16 bits per heavy atom. The number of para-hydroxylation sites is 3. The molecule has 5 heteroatoms. The van der Waals surface area contributed by atoms with Gasteiger partial charge < -0.3 is 10.1 Å². The number of nitrogens with zero attached hydrogens (tertiary/aromatic N) is 2. The lowest BCUT2D eigenvalue weighted by Crippen LogP contribution is -2.85. The van der Waals surface area contributed by atoms with Gasteiger partial charge in [0.25, 0.3) is 5.56 Å². The highest BCUT2D eigenvalue weighted by Gasteiger charge is 2.21. The molecule has 25 heavy (non-hydrogen) atoms. The summed E-state index contributed by atoms with van der Waals surface area (Å²) in [5.74, 6) is 1.40. The monoisotopic (exact) mass is 338 g/mol. The molecule has 2 aromatic carbocycles. The van der Waals surface area contributed by atoms with Crippen molar-refractivity contribution in [2.45, 2.75) is 26.3 Å². The van der Waals surface area contributed by atoms with Gasteiger partial charge in [-0.2, -0.15) is 0 Å². The Kier molecular flexibility index (Phi) is 5.14. The van der Waals surface area contributed by atoms with E-state index in [4.69, 9.17) is 9.72 Å². The third-order valence-electron chi connectivity index (χ3n) is 4.34. The van der Waals surface area contributed by atoms with E-state index >= 15 is 0 Å². The first-order valence-electron chi connectivity index (χ1n) is 8.65. The van der Waals surface area contributed by atoms with Gasteiger partial charge in [-0.3, -0.25) is 9.36 Å². The summed E-state index contributed by atoms with van der Waals surface area (Å²) < 4.78 is 7.18. The van der Waals surface area contributed by atoms with Gasteiger partial charge in [0.15, 0.2) is 5.82 Å². The number of benzene rings is 2. The zero-order chi connectivity index (χ0) is 17.8. The summed E-state index contributed by atoms with van der Waals surface area (Å²) in [6.07, 6.45) is 1.07. The summed E-state index contributed by atoms with van der Waals surface area (Å²) in [4.78, 5) is 18.1. The third-order valence-corrected chi connectivity index (χ3v) is 4.34. The summed E-state index contributed by atoms with van der Waals surface area (Å²) in [5, 5.41) is 2.82. The first-order valence-corrected chi connectivity index (χ1v) is 8.65. The lowest BCUT2D eigenvalue weighted by molar-refractivity contribution is -0.693. The standard InChI is InChI=1S/C20H23N3O2/c1-4-13-21-14(2)19-22-16-10-6-5-9-15(16)20(24)23(19)17-11-7-8-12-18(17)25-3/h5-12,14,21H,4,13H2,1-3H3/p+1/t14-/m1/s1. The van der Waals surface area contributed by atoms with Crippen molar-refractivity contribution < 1.29 is 10.1 Å². The molecule has 0 spiro atoms. The molecule has 1 aromatic heterocycles. The summed E-state index contributed by atoms with van der Waals surface area (Å²) >= 11 is 0. The number of hydrogen-bond acceptors (Lipinski definition) is 3. The topological polar surface area (TPSA) is 60.7 Å². The van der Waals surface area contributed by atoms with E-state index in [1.165, 1.54) is 0 Å². The molecular formula is C20H24N3O2+. The lowest BCUT2D eigenvalue weighted by Gasteiger charge is -2.19. The summed E-state index contributed by atoms with van der Waals surface area (Å²) in [6, 6.07) is 15.1. The average molecular weight is 338 g/mol. The first kappa shape index (κ1) is 17.2. The summed E-state index contributed by atoms with van der Waals surface area (Å²) in [6.45, 7) is 5.21. The van der Waals surface area contributed by atoms with Crippen LogP contribution in [0.3, 0.4) is 0 Å². The minimum atomic E-state index is -0.0677. The van der Waals surface area contributed by atoms with Crippen LogP contribution in [0.25, 0.3) is 16.6 Å². The number of fused-ring (bicyclic) bond motifs is 1. The van der Waals surface area contributed by atoms with E-state index in [0.717, 1.165) is 30.0 Å². The quantitative estimate of drug-likeness (QED) is 0.751. The first-order chi connectivity index (χ1) is 12.2. The molecule has 3 aromatic rings. The molecule has 0 amide bonds. The van der Waals surface area contributed by atoms with E-state index in [1.807, 2.05) is 48.5 Å². The molecule has 0 unspecified atom stereocenters. The Balaban J connectivity index is 2.31. The smallest absolute Gasteiger partial charge is 0.266 e. The van der Waals surface area contributed by atoms with E-state index in [-0.39, 0.29) is 11.6 Å². The molecule has 1 heterocycles. The molecule has 1 atom stereocenters. The van der Waals surface area contributed by atoms with Crippen molar-refractivity contribution in [2.75, 3.05) is 13.7 Å². The zero-order valence-electron chi connectivity index (χ0n) is 14.9. The predicted molar refractivity (Wildman–Crippen MR) is 99.4 cm³/mol. The van der Waals surface area contributed by atoms with Gasteiger partial charge in [-0.1, -0.05) is 31.2 Å². The molecule has 3 rings (SSSR count). The van der Waals surface area contributed by atoms with Gasteiger partial charge in [-0.05, 0) is 37.6 Å². The molecule has 2 N–H and O–H groups in total. The van der Waals surface area contributed by atoms with Crippen molar-refractivity contribution in [3.05, 3.63) is 64.7 Å². The van der Waals surface area contributed by atoms with Gasteiger partial charge in [0.1, 0.15) is 11.8 Å². The van der Waals surface area contributed by atoms with Crippen LogP contribution in [0.4, 0.5) is 0 Å². The second kappa shape index (κ2) is 7.49. The molecular weight excluding hydrogens is 314 g/mol. The van der Waals surface area contributed by atoms with Crippen LogP contribution in [0.2, 0.25) is 0 Å². The van der Waals surface area contributed by atoms with Gasteiger partial charge in [0.05, 0.1) is 30.2 Å². The lowest BCUT2D eigenvalue weighted by atomic mass is 10.2. The fourth-order valence-corrected chi connectivity index (χ4v) is 3.02. The molecule has 5 nitrogen and oxygen atoms in total. The van der Waals surface area contributed by atoms with E-state index < -0.39 is 0 Å². The van der Waals surface area contributed by atoms with Crippen molar-refractivity contribution in [1.82, 2.24) is 9.55 Å². The van der Waals surface area contributed by atoms with Gasteiger partial charge >= 0.3 is 0 Å². The highest BCUT2D eigenvalue weighted by atomic mass is 16.5. The third kappa shape index (κ3) is 3.28. The molecule has 0 saturated carbocycles. The van der Waals surface area contributed by atoms with Gasteiger partial charge in [-0.25, -0.2) is 4.98 Å². The van der Waals surface area contributed by atoms with Crippen LogP contribution in [-0.4, -0.2) is 23.2 Å². The number of rotatable bonds is 6. The minimum Gasteiger partial charge on any atom is -0.495 e. The van der Waals surface area contributed by atoms with Crippen LogP contribution >= 0.6 is 0 Å². The van der Waals surface area contributed by atoms with Gasteiger partial charge in [0.2, 0.25) is 0 Å². The Labute approximate surface area is 147 Å². The summed E-state index contributed by atoms with van der Waals surface area (Å²) in [5.41, 5.74) is 1.38. The Morgan fingerprint density at radius 2 is 1.88 bits per heavy atom. The Bertz CT molecular complexity index is 934. The maximum atomic E-state index is 13.2. The van der Waals surface area contributed by atoms with Crippen molar-refractivity contribution in [3.8, 4) is 11.4 Å². The van der Waals surface area contributed by atoms with Gasteiger partial charge in [-0.15, -0.1) is 0 Å². The second-order valence-electron chi connectivity index (χ2n) is 6.11. The molecule has 130 valence electrons. The van der Waals surface area contributed by atoms with Crippen LogP contribution in [0, 0.1) is 0 Å². The Hall–Kier alpha value is -2.66. The van der Waals surface area contributed by atoms with Crippen LogP contribution in [-0.2, 0) is 0 Å². The minimum absolute atomic E-state index is 0.0576. The van der Waals surface area contributed by atoms with Crippen molar-refractivity contribution in [3.63, 3.8) is 0 Å². The van der Waals surface area contributed by atoms with Crippen LogP contribution in [0.15, 0.2) is 53.3 Å². The van der Waals surface area contributed by atoms with E-state index in [1.54, 1.807) is 11.7 Å². The van der Waals surface area contributed by atoms with E-state index in [9.17, 15) is 4.79 Å². The fraction of sp³-hybridized carbons (Fsp3) is 0.300. The molecule has 0 aliphatic heterocycles. The zero-order valence-corrected chi connectivity index (χ0v) is 14.9. The highest BCUT2D eigenvalue weighted by molar-refractivity contribution is 5.78. The second-order valence-corrected chi connectivity index (χ2v) is 6.11. The predicted octanol–water partition coefficient (Wildman–Crippen LogP) is 2.43. The average Bonchev–Trinajstić information content (AvgIpc) is 2.66. The van der Waals surface area contributed by atoms with Crippen LogP contribution < -0.4 is 15.6 Å². The highest BCUT2D eigenvalue weighted by Crippen LogP contribution is 2.24. The van der Waals surface area contributed by atoms with Crippen LogP contribution in [0.5, 0.6) is 5.75 Å². The maximum Gasteiger partial charge on any atom is 0.266 e. The molecule has 0 aliphatic rings. The van der Waals surface area contributed by atoms with Crippen molar-refractivity contribution in [2.24, 2.45) is 0 Å². The fourth-order valence-electron chi connectivity index (χ4n) is 3.02. The molecule has 0 bridgehead atoms. The molecule has 0 radical (unpaired) electrons. The number of methoxy groups -OCH3 is 1. The SMILES string of the molecule is CCC[NH2+][C@H](C)c1nc2ccccc2c(=O)n1-c1ccccc1OC. The molecule has 0 aliphatic carbocycles. The number of ether oxygens (including phenoxy) is 1. The number of aromatic nitrogens is 2. The maximum absolute atomic E-state index is 13.2. The van der Waals surface area contributed by atoms with E-state index in [0.29, 0.717) is 11.1 Å². The van der Waals surface area contributed by atoms with Crippen molar-refractivity contribution in [1.29, 1.82) is 0 Å². The number of hydrogen-bond donors (Lipinski definition) is 1. The Morgan fingerprint density at radius 3 is 2.64 bits per heavy atom. The summed E-state index contributed by atoms with van der Waals surface area (Å²) in [7, 11) is 1.62. The van der Waals surface area contributed by atoms with E-state index in [2.05, 4.69) is 19.2 Å². The van der Waals surface area contributed by atoms with Gasteiger partial charge in [0, 0.05) is 0 Å².